The first-order chi connectivity index (χ1) is 24.2. The lowest BCUT2D eigenvalue weighted by Crippen LogP contribution is -2.61. The van der Waals surface area contributed by atoms with Crippen LogP contribution < -0.4 is 20.7 Å². The summed E-state index contributed by atoms with van der Waals surface area (Å²) in [5.41, 5.74) is 1.87. The Hall–Kier alpha value is -4.25. The summed E-state index contributed by atoms with van der Waals surface area (Å²) in [6.07, 6.45) is 1.87. The van der Waals surface area contributed by atoms with Crippen LogP contribution in [-0.4, -0.2) is 83.4 Å². The fourth-order valence-corrected chi connectivity index (χ4v) is 6.75. The Kier molecular flexibility index (Phi) is 14.8. The van der Waals surface area contributed by atoms with Gasteiger partial charge in [0.15, 0.2) is 0 Å². The summed E-state index contributed by atoms with van der Waals surface area (Å²) in [7, 11) is 1.62. The van der Waals surface area contributed by atoms with E-state index in [0.717, 1.165) is 22.4 Å². The number of rotatable bonds is 20. The molecule has 270 valence electrons. The fraction of sp³-hybridized carbons (Fsp3) is 0.475. The summed E-state index contributed by atoms with van der Waals surface area (Å²) in [4.78, 5) is 43.4. The third-order valence-corrected chi connectivity index (χ3v) is 9.90. The van der Waals surface area contributed by atoms with E-state index in [4.69, 9.17) is 4.74 Å². The van der Waals surface area contributed by atoms with Crippen LogP contribution in [0.2, 0.25) is 0 Å². The van der Waals surface area contributed by atoms with Gasteiger partial charge in [-0.3, -0.25) is 14.4 Å². The number of nitrogens with zero attached hydrogens (tertiary/aromatic N) is 1. The average Bonchev–Trinajstić information content (AvgIpc) is 3.46. The molecule has 3 aromatic rings. The van der Waals surface area contributed by atoms with Gasteiger partial charge < -0.3 is 35.8 Å². The fourth-order valence-electron chi connectivity index (χ4n) is 6.75. The number of aliphatic hydroxyl groups is 2. The summed E-state index contributed by atoms with van der Waals surface area (Å²) in [5.74, 6) is -0.308. The lowest BCUT2D eigenvalue weighted by Gasteiger charge is -2.36. The molecule has 4 rings (SSSR count). The third kappa shape index (κ3) is 10.4. The van der Waals surface area contributed by atoms with Crippen LogP contribution in [0.25, 0.3) is 0 Å². The molecule has 10 heteroatoms. The first-order valence-electron chi connectivity index (χ1n) is 17.8. The number of ether oxygens (including phenoxy) is 1. The Balaban J connectivity index is 1.57. The molecule has 0 radical (unpaired) electrons. The quantitative estimate of drug-likeness (QED) is 0.122. The molecule has 1 fully saturated rings. The van der Waals surface area contributed by atoms with E-state index in [9.17, 15) is 24.6 Å². The highest BCUT2D eigenvalue weighted by atomic mass is 16.5. The molecule has 0 aromatic heterocycles. The zero-order chi connectivity index (χ0) is 35.9. The molecule has 50 heavy (non-hydrogen) atoms. The third-order valence-electron chi connectivity index (χ3n) is 9.90. The number of amides is 3. The Morgan fingerprint density at radius 1 is 0.980 bits per heavy atom. The van der Waals surface area contributed by atoms with Gasteiger partial charge in [0, 0.05) is 32.7 Å². The molecular weight excluding hydrogens is 632 g/mol. The van der Waals surface area contributed by atoms with Crippen LogP contribution in [0.3, 0.4) is 0 Å². The molecule has 1 aliphatic rings. The van der Waals surface area contributed by atoms with Crippen molar-refractivity contribution in [2.24, 2.45) is 5.92 Å². The van der Waals surface area contributed by atoms with Gasteiger partial charge in [-0.25, -0.2) is 0 Å². The summed E-state index contributed by atoms with van der Waals surface area (Å²) < 4.78 is 5.33. The first kappa shape index (κ1) is 38.6. The molecular formula is C40H54N4O6. The summed E-state index contributed by atoms with van der Waals surface area (Å²) in [5, 5.41) is 30.3. The minimum atomic E-state index is -1.14. The average molecular weight is 687 g/mol. The van der Waals surface area contributed by atoms with Gasteiger partial charge in [-0.1, -0.05) is 93.1 Å². The maximum atomic E-state index is 14.4. The molecule has 0 saturated carbocycles. The van der Waals surface area contributed by atoms with Crippen LogP contribution in [-0.2, 0) is 33.8 Å². The molecule has 1 saturated heterocycles. The second-order valence-corrected chi connectivity index (χ2v) is 13.3. The molecule has 1 heterocycles. The van der Waals surface area contributed by atoms with Crippen molar-refractivity contribution in [2.75, 3.05) is 26.8 Å². The zero-order valence-corrected chi connectivity index (χ0v) is 29.6. The monoisotopic (exact) mass is 686 g/mol. The minimum Gasteiger partial charge on any atom is -0.497 e. The van der Waals surface area contributed by atoms with Crippen molar-refractivity contribution in [3.8, 4) is 5.75 Å². The second-order valence-electron chi connectivity index (χ2n) is 13.3. The number of hydrogen-bond donors (Lipinski definition) is 5. The lowest BCUT2D eigenvalue weighted by atomic mass is 9.81. The van der Waals surface area contributed by atoms with Gasteiger partial charge in [0.25, 0.3) is 0 Å². The van der Waals surface area contributed by atoms with E-state index in [1.807, 2.05) is 98.8 Å². The SMILES string of the molecule is CCC(C)[C@@]1(NC(=O)CCCO)CCN([C@@H](CCc2ccccc2)C(=O)N[C@@H](Cc2ccccc2)[C@H](O)CNCc2cccc(OC)c2)C1=O. The number of methoxy groups -OCH3 is 1. The highest BCUT2D eigenvalue weighted by Gasteiger charge is 2.53. The van der Waals surface area contributed by atoms with Gasteiger partial charge in [0.1, 0.15) is 17.3 Å². The van der Waals surface area contributed by atoms with Crippen LogP contribution >= 0.6 is 0 Å². The number of hydrogen-bond acceptors (Lipinski definition) is 7. The molecule has 5 atom stereocenters. The molecule has 3 amide bonds. The highest BCUT2D eigenvalue weighted by Crippen LogP contribution is 2.35. The van der Waals surface area contributed by atoms with Crippen molar-refractivity contribution in [2.45, 2.75) is 89.1 Å². The maximum absolute atomic E-state index is 14.4. The predicted molar refractivity (Wildman–Crippen MR) is 194 cm³/mol. The van der Waals surface area contributed by atoms with E-state index >= 15 is 0 Å². The Bertz CT molecular complexity index is 1510. The van der Waals surface area contributed by atoms with Crippen molar-refractivity contribution in [3.63, 3.8) is 0 Å². The van der Waals surface area contributed by atoms with Crippen LogP contribution in [0.1, 0.15) is 62.6 Å². The number of aryl methyl sites for hydroxylation is 1. The molecule has 1 aliphatic heterocycles. The van der Waals surface area contributed by atoms with E-state index in [0.29, 0.717) is 51.6 Å². The number of carbonyl (C=O) groups excluding carboxylic acids is 3. The topological polar surface area (TPSA) is 140 Å². The molecule has 0 aliphatic carbocycles. The van der Waals surface area contributed by atoms with E-state index in [2.05, 4.69) is 16.0 Å². The maximum Gasteiger partial charge on any atom is 0.249 e. The Morgan fingerprint density at radius 2 is 1.66 bits per heavy atom. The number of carbonyl (C=O) groups is 3. The molecule has 0 bridgehead atoms. The van der Waals surface area contributed by atoms with Crippen LogP contribution in [0.15, 0.2) is 84.9 Å². The van der Waals surface area contributed by atoms with Crippen molar-refractivity contribution < 1.29 is 29.3 Å². The lowest BCUT2D eigenvalue weighted by molar-refractivity contribution is -0.144. The van der Waals surface area contributed by atoms with E-state index < -0.39 is 23.7 Å². The summed E-state index contributed by atoms with van der Waals surface area (Å²) in [6, 6.07) is 25.8. The number of aliphatic hydroxyl groups excluding tert-OH is 2. The predicted octanol–water partition coefficient (Wildman–Crippen LogP) is 3.78. The van der Waals surface area contributed by atoms with E-state index in [1.54, 1.807) is 12.0 Å². The smallest absolute Gasteiger partial charge is 0.249 e. The van der Waals surface area contributed by atoms with Crippen LogP contribution in [0.5, 0.6) is 5.75 Å². The van der Waals surface area contributed by atoms with Gasteiger partial charge in [0.05, 0.1) is 19.3 Å². The molecule has 10 nitrogen and oxygen atoms in total. The van der Waals surface area contributed by atoms with Gasteiger partial charge in [-0.2, -0.15) is 0 Å². The standard InChI is InChI=1S/C40H54N4O6/c1-4-29(2)40(43-37(47)19-12-24-45)22-23-44(39(40)49)35(21-20-30-13-7-5-8-14-30)38(48)42-34(26-31-15-9-6-10-16-31)36(46)28-41-27-32-17-11-18-33(25-32)50-3/h5-11,13-18,25,29,34-36,41,45-46H,4,12,19-24,26-28H2,1-3H3,(H,42,48)(H,43,47)/t29?,34-,35-,36+,40-/m0/s1. The van der Waals surface area contributed by atoms with Crippen molar-refractivity contribution in [3.05, 3.63) is 102 Å². The summed E-state index contributed by atoms with van der Waals surface area (Å²) >= 11 is 0. The van der Waals surface area contributed by atoms with Crippen molar-refractivity contribution >= 4 is 17.7 Å². The number of benzene rings is 3. The molecule has 5 N–H and O–H groups in total. The number of nitrogens with one attached hydrogen (secondary N) is 3. The highest BCUT2D eigenvalue weighted by molar-refractivity contribution is 5.97. The zero-order valence-electron chi connectivity index (χ0n) is 29.6. The van der Waals surface area contributed by atoms with Gasteiger partial charge in [0.2, 0.25) is 17.7 Å². The van der Waals surface area contributed by atoms with Gasteiger partial charge in [-0.15, -0.1) is 0 Å². The minimum absolute atomic E-state index is 0.113. The van der Waals surface area contributed by atoms with Crippen LogP contribution in [0.4, 0.5) is 0 Å². The largest absolute Gasteiger partial charge is 0.497 e. The second kappa shape index (κ2) is 19.2. The van der Waals surface area contributed by atoms with E-state index in [-0.39, 0.29) is 43.2 Å². The normalized spacial score (nSPS) is 18.3. The summed E-state index contributed by atoms with van der Waals surface area (Å²) in [6.45, 7) is 4.87. The Morgan fingerprint density at radius 3 is 2.32 bits per heavy atom. The van der Waals surface area contributed by atoms with Crippen molar-refractivity contribution in [1.29, 1.82) is 0 Å². The van der Waals surface area contributed by atoms with Gasteiger partial charge >= 0.3 is 0 Å². The Labute approximate surface area is 296 Å². The number of likely N-dealkylation sites (tertiary alicyclic amines) is 1. The van der Waals surface area contributed by atoms with Gasteiger partial charge in [-0.05, 0) is 66.8 Å². The van der Waals surface area contributed by atoms with Crippen LogP contribution in [0, 0.1) is 5.92 Å². The molecule has 1 unspecified atom stereocenters. The molecule has 3 aromatic carbocycles. The van der Waals surface area contributed by atoms with Crippen molar-refractivity contribution in [1.82, 2.24) is 20.9 Å². The first-order valence-corrected chi connectivity index (χ1v) is 17.8. The molecule has 0 spiro atoms. The van der Waals surface area contributed by atoms with E-state index in [1.165, 1.54) is 0 Å².